The second-order valence-electron chi connectivity index (χ2n) is 7.96. The Morgan fingerprint density at radius 1 is 0.588 bits per heavy atom. The van der Waals surface area contributed by atoms with Gasteiger partial charge in [0, 0.05) is 26.2 Å². The Balaban J connectivity index is 0.000000399. The summed E-state index contributed by atoms with van der Waals surface area (Å²) in [4.78, 5) is 0. The molecule has 0 bridgehead atoms. The minimum Gasteiger partial charge on any atom is -0.340 e. The molecule has 3 aromatic rings. The summed E-state index contributed by atoms with van der Waals surface area (Å²) in [6.45, 7) is 15.2. The predicted molar refractivity (Wildman–Crippen MR) is 146 cm³/mol. The number of hydrogen-bond acceptors (Lipinski definition) is 0. The molecule has 0 radical (unpaired) electrons. The molecule has 0 aromatic heterocycles. The quantitative estimate of drug-likeness (QED) is 0.256. The summed E-state index contributed by atoms with van der Waals surface area (Å²) in [6, 6.07) is 29.6. The molecule has 0 unspecified atom stereocenters. The molecule has 0 spiro atoms. The predicted octanol–water partition coefficient (Wildman–Crippen LogP) is 9.31. The van der Waals surface area contributed by atoms with Gasteiger partial charge in [-0.2, -0.15) is 85.9 Å². The maximum absolute atomic E-state index is 4.00. The zero-order chi connectivity index (χ0) is 24.0. The van der Waals surface area contributed by atoms with Gasteiger partial charge in [0.15, 0.2) is 0 Å². The number of benzene rings is 3. The standard InChI is InChI=1S/C7H13.3C7H7.C5H5.Zr/c4*1-7-5-3-2-4-6-7;1-2-4-5-3-1;/h7H,1-6H2;3*2-6H,1H2;1-3H,4H2;/q5*-1;. The second-order valence-corrected chi connectivity index (χ2v) is 7.96. The van der Waals surface area contributed by atoms with E-state index >= 15 is 0 Å². The Hall–Kier alpha value is -2.37. The minimum atomic E-state index is 0. The Bertz CT molecular complexity index is 746. The molecule has 2 aliphatic rings. The van der Waals surface area contributed by atoms with Gasteiger partial charge in [0.1, 0.15) is 0 Å². The summed E-state index contributed by atoms with van der Waals surface area (Å²) in [5.41, 5.74) is 3.22. The van der Waals surface area contributed by atoms with E-state index < -0.39 is 0 Å². The average molecular weight is 527 g/mol. The van der Waals surface area contributed by atoms with Crippen LogP contribution in [0.15, 0.2) is 109 Å². The van der Waals surface area contributed by atoms with Crippen LogP contribution >= 0.6 is 0 Å². The van der Waals surface area contributed by atoms with Crippen LogP contribution in [0.3, 0.4) is 0 Å². The first kappa shape index (κ1) is 31.6. The summed E-state index contributed by atoms with van der Waals surface area (Å²) in [5, 5.41) is 0. The average Bonchev–Trinajstić information content (AvgIpc) is 3.43. The molecule has 1 heteroatoms. The molecular formula is C33H39Zr-5. The van der Waals surface area contributed by atoms with Crippen LogP contribution in [0.1, 0.15) is 55.2 Å². The Labute approximate surface area is 229 Å². The van der Waals surface area contributed by atoms with Crippen LogP contribution in [0.25, 0.3) is 0 Å². The third kappa shape index (κ3) is 20.3. The first-order valence-electron chi connectivity index (χ1n) is 11.7. The van der Waals surface area contributed by atoms with E-state index in [1.807, 2.05) is 103 Å². The van der Waals surface area contributed by atoms with Crippen LogP contribution in [-0.2, 0) is 26.2 Å². The topological polar surface area (TPSA) is 0 Å². The van der Waals surface area contributed by atoms with Gasteiger partial charge in [-0.05, 0) is 0 Å². The van der Waals surface area contributed by atoms with Crippen LogP contribution in [0.2, 0.25) is 0 Å². The summed E-state index contributed by atoms with van der Waals surface area (Å²) < 4.78 is 0. The summed E-state index contributed by atoms with van der Waals surface area (Å²) in [7, 11) is 0. The Morgan fingerprint density at radius 2 is 0.971 bits per heavy atom. The van der Waals surface area contributed by atoms with Crippen LogP contribution in [0, 0.1) is 39.7 Å². The molecule has 0 aliphatic heterocycles. The fraction of sp³-hybridized carbons (Fsp3) is 0.212. The fourth-order valence-corrected chi connectivity index (χ4v) is 2.96. The second kappa shape index (κ2) is 22.4. The van der Waals surface area contributed by atoms with Crippen molar-refractivity contribution in [1.29, 1.82) is 0 Å². The summed E-state index contributed by atoms with van der Waals surface area (Å²) in [5.74, 6) is 0.786. The van der Waals surface area contributed by atoms with Gasteiger partial charge in [-0.3, -0.25) is 6.08 Å². The van der Waals surface area contributed by atoms with E-state index in [1.54, 1.807) is 0 Å². The van der Waals surface area contributed by atoms with Crippen molar-refractivity contribution in [3.8, 4) is 0 Å². The molecule has 34 heavy (non-hydrogen) atoms. The van der Waals surface area contributed by atoms with Gasteiger partial charge in [0.05, 0.1) is 0 Å². The summed E-state index contributed by atoms with van der Waals surface area (Å²) in [6.07, 6.45) is 17.0. The molecule has 0 heterocycles. The van der Waals surface area contributed by atoms with Gasteiger partial charge in [0.2, 0.25) is 0 Å². The molecular weight excluding hydrogens is 488 g/mol. The molecule has 1 fully saturated rings. The molecule has 0 nitrogen and oxygen atoms in total. The van der Waals surface area contributed by atoms with Crippen molar-refractivity contribution in [3.05, 3.63) is 160 Å². The van der Waals surface area contributed by atoms with Crippen molar-refractivity contribution in [2.45, 2.75) is 38.5 Å². The zero-order valence-electron chi connectivity index (χ0n) is 20.5. The van der Waals surface area contributed by atoms with Gasteiger partial charge in [-0.15, -0.1) is 42.8 Å². The monoisotopic (exact) mass is 525 g/mol. The fourth-order valence-electron chi connectivity index (χ4n) is 2.96. The minimum absolute atomic E-state index is 0. The number of allylic oxidation sites excluding steroid dienone is 4. The van der Waals surface area contributed by atoms with Crippen LogP contribution in [0.4, 0.5) is 0 Å². The van der Waals surface area contributed by atoms with Crippen molar-refractivity contribution in [2.75, 3.05) is 0 Å². The smallest absolute Gasteiger partial charge is 0 e. The van der Waals surface area contributed by atoms with Crippen molar-refractivity contribution in [1.82, 2.24) is 0 Å². The maximum Gasteiger partial charge on any atom is 0 e. The Morgan fingerprint density at radius 3 is 1.12 bits per heavy atom. The molecule has 3 aromatic carbocycles. The van der Waals surface area contributed by atoms with Crippen molar-refractivity contribution in [3.63, 3.8) is 0 Å². The van der Waals surface area contributed by atoms with Crippen molar-refractivity contribution in [2.24, 2.45) is 5.92 Å². The van der Waals surface area contributed by atoms with E-state index in [-0.39, 0.29) is 26.2 Å². The first-order valence-corrected chi connectivity index (χ1v) is 11.7. The molecule has 0 atom stereocenters. The van der Waals surface area contributed by atoms with Gasteiger partial charge in [-0.25, -0.2) is 12.2 Å². The zero-order valence-corrected chi connectivity index (χ0v) is 23.0. The van der Waals surface area contributed by atoms with E-state index in [9.17, 15) is 0 Å². The third-order valence-electron chi connectivity index (χ3n) is 4.84. The SMILES string of the molecule is [C-]1=CC=CC1.[CH2-]C1CCCCC1.[CH2-]c1ccccc1.[CH2-]c1ccccc1.[CH2-]c1ccccc1.[Zr]. The molecule has 5 rings (SSSR count). The van der Waals surface area contributed by atoms with E-state index in [1.165, 1.54) is 32.1 Å². The number of hydrogen-bond donors (Lipinski definition) is 0. The van der Waals surface area contributed by atoms with E-state index in [0.29, 0.717) is 0 Å². The first-order chi connectivity index (χ1) is 16.1. The van der Waals surface area contributed by atoms with E-state index in [2.05, 4.69) is 39.8 Å². The maximum atomic E-state index is 4.00. The van der Waals surface area contributed by atoms with Crippen molar-refractivity contribution >= 4 is 0 Å². The number of rotatable bonds is 0. The van der Waals surface area contributed by atoms with Crippen LogP contribution < -0.4 is 0 Å². The Kier molecular flexibility index (Phi) is 20.9. The van der Waals surface area contributed by atoms with E-state index in [0.717, 1.165) is 29.0 Å². The molecule has 1 saturated carbocycles. The van der Waals surface area contributed by atoms with Crippen LogP contribution in [0.5, 0.6) is 0 Å². The van der Waals surface area contributed by atoms with Crippen LogP contribution in [-0.4, -0.2) is 0 Å². The normalized spacial score (nSPS) is 13.1. The molecule has 180 valence electrons. The molecule has 0 saturated heterocycles. The molecule has 2 aliphatic carbocycles. The molecule has 0 N–H and O–H groups in total. The third-order valence-corrected chi connectivity index (χ3v) is 4.84. The van der Waals surface area contributed by atoms with Crippen molar-refractivity contribution < 1.29 is 26.2 Å². The molecule has 0 amide bonds. The van der Waals surface area contributed by atoms with Gasteiger partial charge < -0.3 is 6.92 Å². The van der Waals surface area contributed by atoms with Gasteiger partial charge in [0.25, 0.3) is 0 Å². The largest absolute Gasteiger partial charge is 0.340 e. The van der Waals surface area contributed by atoms with Gasteiger partial charge in [-0.1, -0.05) is 50.3 Å². The summed E-state index contributed by atoms with van der Waals surface area (Å²) >= 11 is 0. The van der Waals surface area contributed by atoms with Gasteiger partial charge >= 0.3 is 0 Å². The van der Waals surface area contributed by atoms with E-state index in [4.69, 9.17) is 0 Å².